The average molecular weight is 262 g/mol. The lowest BCUT2D eigenvalue weighted by Crippen LogP contribution is -2.27. The van der Waals surface area contributed by atoms with E-state index in [2.05, 4.69) is 64.0 Å². The number of likely N-dealkylation sites (N-methyl/N-ethyl adjacent to an activating group) is 2. The molecular weight excluding hydrogens is 232 g/mol. The van der Waals surface area contributed by atoms with Crippen molar-refractivity contribution in [1.29, 1.82) is 0 Å². The second-order valence-corrected chi connectivity index (χ2v) is 6.68. The lowest BCUT2D eigenvalue weighted by atomic mass is 9.84. The normalized spacial score (nSPS) is 12.2. The van der Waals surface area contributed by atoms with Gasteiger partial charge < -0.3 is 10.2 Å². The molecule has 1 aromatic rings. The Balaban J connectivity index is 2.92. The fraction of sp³-hybridized carbons (Fsp3) is 0.647. The van der Waals surface area contributed by atoms with E-state index >= 15 is 0 Å². The van der Waals surface area contributed by atoms with Gasteiger partial charge in [0, 0.05) is 19.6 Å². The predicted octanol–water partition coefficient (Wildman–Crippen LogP) is 3.25. The van der Waals surface area contributed by atoms with Crippen LogP contribution in [0.3, 0.4) is 0 Å². The zero-order chi connectivity index (χ0) is 14.6. The monoisotopic (exact) mass is 262 g/mol. The third-order valence-electron chi connectivity index (χ3n) is 3.73. The summed E-state index contributed by atoms with van der Waals surface area (Å²) in [4.78, 5) is 2.38. The summed E-state index contributed by atoms with van der Waals surface area (Å²) in [5.74, 6) is 0. The van der Waals surface area contributed by atoms with Crippen molar-refractivity contribution >= 4 is 0 Å². The van der Waals surface area contributed by atoms with Crippen LogP contribution < -0.4 is 5.32 Å². The smallest absolute Gasteiger partial charge is 0.0236 e. The number of aryl methyl sites for hydroxylation is 2. The first-order chi connectivity index (χ1) is 8.75. The number of hydrogen-bond donors (Lipinski definition) is 1. The van der Waals surface area contributed by atoms with Gasteiger partial charge in [-0.05, 0) is 55.6 Å². The Morgan fingerprint density at radius 1 is 1.11 bits per heavy atom. The molecule has 0 fully saturated rings. The molecule has 1 N–H and O–H groups in total. The molecule has 0 aliphatic heterocycles. The Hall–Kier alpha value is -0.860. The molecule has 0 aromatic heterocycles. The third kappa shape index (κ3) is 4.63. The molecule has 0 heterocycles. The fourth-order valence-corrected chi connectivity index (χ4v) is 2.33. The fourth-order valence-electron chi connectivity index (χ4n) is 2.33. The first-order valence-electron chi connectivity index (χ1n) is 7.19. The van der Waals surface area contributed by atoms with Crippen LogP contribution in [-0.2, 0) is 12.0 Å². The molecule has 0 spiro atoms. The first kappa shape index (κ1) is 16.2. The quantitative estimate of drug-likeness (QED) is 0.876. The van der Waals surface area contributed by atoms with Gasteiger partial charge in [0.15, 0.2) is 0 Å². The van der Waals surface area contributed by atoms with Crippen molar-refractivity contribution in [2.24, 2.45) is 0 Å². The minimum atomic E-state index is 0.228. The highest BCUT2D eigenvalue weighted by Crippen LogP contribution is 2.27. The second kappa shape index (κ2) is 6.53. The minimum Gasteiger partial charge on any atom is -0.318 e. The van der Waals surface area contributed by atoms with Gasteiger partial charge in [-0.25, -0.2) is 0 Å². The van der Waals surface area contributed by atoms with Crippen molar-refractivity contribution < 1.29 is 0 Å². The number of benzene rings is 1. The molecule has 0 aliphatic carbocycles. The topological polar surface area (TPSA) is 15.3 Å². The Bertz CT molecular complexity index is 393. The molecule has 0 aliphatic rings. The van der Waals surface area contributed by atoms with E-state index in [1.165, 1.54) is 22.3 Å². The highest BCUT2D eigenvalue weighted by Gasteiger charge is 2.16. The largest absolute Gasteiger partial charge is 0.318 e. The summed E-state index contributed by atoms with van der Waals surface area (Å²) < 4.78 is 0. The molecular formula is C17H30N2. The van der Waals surface area contributed by atoms with Gasteiger partial charge in [0.25, 0.3) is 0 Å². The van der Waals surface area contributed by atoms with E-state index in [0.717, 1.165) is 19.6 Å². The van der Waals surface area contributed by atoms with E-state index in [1.54, 1.807) is 0 Å². The summed E-state index contributed by atoms with van der Waals surface area (Å²) in [5.41, 5.74) is 5.98. The molecule has 108 valence electrons. The lowest BCUT2D eigenvalue weighted by molar-refractivity contribution is 0.327. The SMILES string of the molecule is CNCCN(C)Cc1c(C)cc(C(C)(C)C)cc1C. The molecule has 0 saturated carbocycles. The standard InChI is InChI=1S/C17H30N2/c1-13-10-15(17(3,4)5)11-14(2)16(13)12-19(7)9-8-18-6/h10-11,18H,8-9,12H2,1-7H3. The van der Waals surface area contributed by atoms with E-state index in [-0.39, 0.29) is 5.41 Å². The van der Waals surface area contributed by atoms with Gasteiger partial charge in [0.2, 0.25) is 0 Å². The molecule has 0 radical (unpaired) electrons. The molecule has 0 unspecified atom stereocenters. The summed E-state index contributed by atoms with van der Waals surface area (Å²) in [6.45, 7) is 14.5. The molecule has 0 bridgehead atoms. The molecule has 0 amide bonds. The Morgan fingerprint density at radius 3 is 2.05 bits per heavy atom. The van der Waals surface area contributed by atoms with Crippen molar-refractivity contribution in [3.63, 3.8) is 0 Å². The second-order valence-electron chi connectivity index (χ2n) is 6.68. The van der Waals surface area contributed by atoms with Gasteiger partial charge >= 0.3 is 0 Å². The summed E-state index contributed by atoms with van der Waals surface area (Å²) in [7, 11) is 4.19. The number of rotatable bonds is 5. The van der Waals surface area contributed by atoms with Crippen LogP contribution >= 0.6 is 0 Å². The van der Waals surface area contributed by atoms with E-state index in [4.69, 9.17) is 0 Å². The van der Waals surface area contributed by atoms with Crippen LogP contribution in [0.4, 0.5) is 0 Å². The third-order valence-corrected chi connectivity index (χ3v) is 3.73. The highest BCUT2D eigenvalue weighted by atomic mass is 15.1. The highest BCUT2D eigenvalue weighted by molar-refractivity contribution is 5.40. The van der Waals surface area contributed by atoms with Crippen molar-refractivity contribution in [3.05, 3.63) is 34.4 Å². The van der Waals surface area contributed by atoms with E-state index < -0.39 is 0 Å². The van der Waals surface area contributed by atoms with Crippen LogP contribution in [0.15, 0.2) is 12.1 Å². The zero-order valence-corrected chi connectivity index (χ0v) is 13.7. The molecule has 0 atom stereocenters. The summed E-state index contributed by atoms with van der Waals surface area (Å²) in [6, 6.07) is 4.71. The Labute approximate surface area is 119 Å². The van der Waals surface area contributed by atoms with Gasteiger partial charge in [-0.15, -0.1) is 0 Å². The Kier molecular flexibility index (Phi) is 5.57. The lowest BCUT2D eigenvalue weighted by Gasteiger charge is -2.24. The maximum absolute atomic E-state index is 3.20. The van der Waals surface area contributed by atoms with Crippen LogP contribution in [0.1, 0.15) is 43.0 Å². The van der Waals surface area contributed by atoms with E-state index in [0.29, 0.717) is 0 Å². The number of nitrogens with one attached hydrogen (secondary N) is 1. The van der Waals surface area contributed by atoms with Crippen molar-refractivity contribution in [2.45, 2.75) is 46.6 Å². The van der Waals surface area contributed by atoms with Crippen LogP contribution in [0.5, 0.6) is 0 Å². The average Bonchev–Trinajstić information content (AvgIpc) is 2.29. The van der Waals surface area contributed by atoms with Gasteiger partial charge in [-0.3, -0.25) is 0 Å². The Morgan fingerprint density at radius 2 is 1.63 bits per heavy atom. The predicted molar refractivity (Wildman–Crippen MR) is 84.9 cm³/mol. The molecule has 2 heteroatoms. The van der Waals surface area contributed by atoms with E-state index in [9.17, 15) is 0 Å². The van der Waals surface area contributed by atoms with Crippen LogP contribution in [0.2, 0.25) is 0 Å². The van der Waals surface area contributed by atoms with Gasteiger partial charge in [0.05, 0.1) is 0 Å². The van der Waals surface area contributed by atoms with Crippen molar-refractivity contribution in [1.82, 2.24) is 10.2 Å². The summed E-state index contributed by atoms with van der Waals surface area (Å²) in [6.07, 6.45) is 0. The minimum absolute atomic E-state index is 0.228. The molecule has 2 nitrogen and oxygen atoms in total. The van der Waals surface area contributed by atoms with Crippen LogP contribution in [0, 0.1) is 13.8 Å². The summed E-state index contributed by atoms with van der Waals surface area (Å²) in [5, 5.41) is 3.20. The van der Waals surface area contributed by atoms with Crippen LogP contribution in [0.25, 0.3) is 0 Å². The van der Waals surface area contributed by atoms with Gasteiger partial charge in [-0.2, -0.15) is 0 Å². The van der Waals surface area contributed by atoms with Crippen molar-refractivity contribution in [3.8, 4) is 0 Å². The maximum Gasteiger partial charge on any atom is 0.0236 e. The summed E-state index contributed by atoms with van der Waals surface area (Å²) >= 11 is 0. The maximum atomic E-state index is 3.20. The molecule has 0 saturated heterocycles. The molecule has 1 aromatic carbocycles. The number of nitrogens with zero attached hydrogens (tertiary/aromatic N) is 1. The zero-order valence-electron chi connectivity index (χ0n) is 13.7. The van der Waals surface area contributed by atoms with Gasteiger partial charge in [-0.1, -0.05) is 32.9 Å². The molecule has 19 heavy (non-hydrogen) atoms. The van der Waals surface area contributed by atoms with Crippen LogP contribution in [-0.4, -0.2) is 32.1 Å². The van der Waals surface area contributed by atoms with Gasteiger partial charge in [0.1, 0.15) is 0 Å². The van der Waals surface area contributed by atoms with E-state index in [1.807, 2.05) is 7.05 Å². The number of hydrogen-bond acceptors (Lipinski definition) is 2. The van der Waals surface area contributed by atoms with Crippen molar-refractivity contribution in [2.75, 3.05) is 27.2 Å². The molecule has 1 rings (SSSR count). The first-order valence-corrected chi connectivity index (χ1v) is 7.19.